The molecule has 2 aromatic rings. The number of nitrogens with zero attached hydrogens (tertiary/aromatic N) is 1. The van der Waals surface area contributed by atoms with Gasteiger partial charge < -0.3 is 15.0 Å². The van der Waals surface area contributed by atoms with Crippen LogP contribution < -0.4 is 10.2 Å². The van der Waals surface area contributed by atoms with Gasteiger partial charge in [-0.2, -0.15) is 0 Å². The Balaban J connectivity index is 1.68. The van der Waals surface area contributed by atoms with Crippen LogP contribution in [0.15, 0.2) is 42.5 Å². The summed E-state index contributed by atoms with van der Waals surface area (Å²) in [5.74, 6) is -1.40. The van der Waals surface area contributed by atoms with Gasteiger partial charge >= 0.3 is 5.97 Å². The average Bonchev–Trinajstić information content (AvgIpc) is 3.11. The molecule has 150 valence electrons. The molecular formula is C21H19ClN2O5. The smallest absolute Gasteiger partial charge is 0.340 e. The maximum atomic E-state index is 12.5. The molecule has 1 N–H and O–H groups in total. The van der Waals surface area contributed by atoms with Crippen molar-refractivity contribution in [2.45, 2.75) is 19.8 Å². The van der Waals surface area contributed by atoms with Gasteiger partial charge in [-0.1, -0.05) is 11.6 Å². The first-order valence-electron chi connectivity index (χ1n) is 9.03. The zero-order valence-electron chi connectivity index (χ0n) is 15.7. The Morgan fingerprint density at radius 3 is 2.48 bits per heavy atom. The van der Waals surface area contributed by atoms with Crippen LogP contribution in [0, 0.1) is 0 Å². The molecule has 29 heavy (non-hydrogen) atoms. The third kappa shape index (κ3) is 5.00. The van der Waals surface area contributed by atoms with Crippen LogP contribution in [0.4, 0.5) is 11.4 Å². The number of esters is 1. The lowest BCUT2D eigenvalue weighted by molar-refractivity contribution is -0.117. The van der Waals surface area contributed by atoms with Crippen LogP contribution in [0.5, 0.6) is 0 Å². The summed E-state index contributed by atoms with van der Waals surface area (Å²) < 4.78 is 5.18. The van der Waals surface area contributed by atoms with Crippen LogP contribution in [-0.4, -0.2) is 36.7 Å². The van der Waals surface area contributed by atoms with Crippen LogP contribution in [0.3, 0.4) is 0 Å². The number of amides is 2. The largest absolute Gasteiger partial charge is 0.454 e. The Bertz CT molecular complexity index is 972. The van der Waals surface area contributed by atoms with Gasteiger partial charge in [0, 0.05) is 36.2 Å². The molecule has 1 heterocycles. The second-order valence-corrected chi connectivity index (χ2v) is 7.00. The summed E-state index contributed by atoms with van der Waals surface area (Å²) in [6, 6.07) is 10.8. The molecule has 0 atom stereocenters. The summed E-state index contributed by atoms with van der Waals surface area (Å²) in [7, 11) is 0. The van der Waals surface area contributed by atoms with E-state index in [-0.39, 0.29) is 23.2 Å². The van der Waals surface area contributed by atoms with E-state index in [1.807, 2.05) is 0 Å². The van der Waals surface area contributed by atoms with Crippen LogP contribution >= 0.6 is 11.6 Å². The quantitative estimate of drug-likeness (QED) is 0.577. The number of hydrogen-bond acceptors (Lipinski definition) is 5. The van der Waals surface area contributed by atoms with Crippen molar-refractivity contribution in [2.24, 2.45) is 0 Å². The summed E-state index contributed by atoms with van der Waals surface area (Å²) in [4.78, 5) is 49.5. The van der Waals surface area contributed by atoms with Gasteiger partial charge in [0.2, 0.25) is 11.8 Å². The number of carbonyl (C=O) groups is 4. The van der Waals surface area contributed by atoms with Gasteiger partial charge in [-0.15, -0.1) is 0 Å². The van der Waals surface area contributed by atoms with E-state index in [0.29, 0.717) is 41.3 Å². The second kappa shape index (κ2) is 8.87. The number of Topliss-reactive ketones (excluding diaryl/α,β-unsaturated/α-hetero) is 1. The number of halogens is 1. The molecule has 2 amide bonds. The second-order valence-electron chi connectivity index (χ2n) is 6.57. The van der Waals surface area contributed by atoms with Gasteiger partial charge in [0.1, 0.15) is 0 Å². The molecule has 1 aliphatic rings. The molecule has 0 aliphatic carbocycles. The van der Waals surface area contributed by atoms with Crippen molar-refractivity contribution >= 4 is 46.5 Å². The molecule has 0 aromatic heterocycles. The maximum Gasteiger partial charge on any atom is 0.340 e. The molecule has 0 radical (unpaired) electrons. The molecule has 1 saturated heterocycles. The normalized spacial score (nSPS) is 13.3. The van der Waals surface area contributed by atoms with Crippen LogP contribution in [0.2, 0.25) is 5.02 Å². The standard InChI is InChI=1S/C21H19ClN2O5/c1-13(25)23-16-7-4-14(5-8-16)19(26)12-29-21(28)17-9-6-15(22)11-18(17)24-10-2-3-20(24)27/h4-9,11H,2-3,10,12H2,1H3,(H,23,25). The molecule has 0 bridgehead atoms. The van der Waals surface area contributed by atoms with Crippen molar-refractivity contribution in [3.8, 4) is 0 Å². The molecule has 7 nitrogen and oxygen atoms in total. The molecule has 1 aliphatic heterocycles. The number of benzene rings is 2. The van der Waals surface area contributed by atoms with Gasteiger partial charge in [-0.3, -0.25) is 14.4 Å². The highest BCUT2D eigenvalue weighted by Gasteiger charge is 2.27. The molecular weight excluding hydrogens is 396 g/mol. The summed E-state index contributed by atoms with van der Waals surface area (Å²) in [5, 5.41) is 3.00. The summed E-state index contributed by atoms with van der Waals surface area (Å²) in [5.41, 5.74) is 1.47. The minimum atomic E-state index is -0.709. The SMILES string of the molecule is CC(=O)Nc1ccc(C(=O)COC(=O)c2ccc(Cl)cc2N2CCCC2=O)cc1. The van der Waals surface area contributed by atoms with Crippen molar-refractivity contribution in [3.63, 3.8) is 0 Å². The van der Waals surface area contributed by atoms with E-state index in [1.165, 1.54) is 36.1 Å². The molecule has 3 rings (SSSR count). The van der Waals surface area contributed by atoms with E-state index in [4.69, 9.17) is 16.3 Å². The number of rotatable bonds is 6. The first-order valence-corrected chi connectivity index (χ1v) is 9.41. The van der Waals surface area contributed by atoms with Gasteiger partial charge in [-0.25, -0.2) is 4.79 Å². The zero-order valence-corrected chi connectivity index (χ0v) is 16.5. The minimum Gasteiger partial charge on any atom is -0.454 e. The van der Waals surface area contributed by atoms with Crippen LogP contribution in [-0.2, 0) is 14.3 Å². The molecule has 2 aromatic carbocycles. The van der Waals surface area contributed by atoms with E-state index < -0.39 is 12.6 Å². The average molecular weight is 415 g/mol. The Hall–Kier alpha value is -3.19. The van der Waals surface area contributed by atoms with E-state index in [2.05, 4.69) is 5.32 Å². The van der Waals surface area contributed by atoms with Gasteiger partial charge in [0.25, 0.3) is 0 Å². The van der Waals surface area contributed by atoms with Crippen LogP contribution in [0.25, 0.3) is 0 Å². The van der Waals surface area contributed by atoms with E-state index >= 15 is 0 Å². The molecule has 8 heteroatoms. The highest BCUT2D eigenvalue weighted by Crippen LogP contribution is 2.29. The molecule has 1 fully saturated rings. The fourth-order valence-corrected chi connectivity index (χ4v) is 3.20. The van der Waals surface area contributed by atoms with E-state index in [9.17, 15) is 19.2 Å². The Kier molecular flexibility index (Phi) is 6.29. The first-order chi connectivity index (χ1) is 13.8. The maximum absolute atomic E-state index is 12.5. The number of ketones is 1. The topological polar surface area (TPSA) is 92.8 Å². The number of nitrogens with one attached hydrogen (secondary N) is 1. The Labute approximate surface area is 172 Å². The van der Waals surface area contributed by atoms with Crippen molar-refractivity contribution in [1.29, 1.82) is 0 Å². The minimum absolute atomic E-state index is 0.0864. The lowest BCUT2D eigenvalue weighted by Gasteiger charge is -2.19. The van der Waals surface area contributed by atoms with Crippen LogP contribution in [0.1, 0.15) is 40.5 Å². The lowest BCUT2D eigenvalue weighted by Crippen LogP contribution is -2.26. The fraction of sp³-hybridized carbons (Fsp3) is 0.238. The highest BCUT2D eigenvalue weighted by molar-refractivity contribution is 6.31. The Morgan fingerprint density at radius 2 is 1.86 bits per heavy atom. The third-order valence-corrected chi connectivity index (χ3v) is 4.64. The fourth-order valence-electron chi connectivity index (χ4n) is 3.04. The summed E-state index contributed by atoms with van der Waals surface area (Å²) >= 11 is 6.03. The van der Waals surface area contributed by atoms with E-state index in [0.717, 1.165) is 0 Å². The number of anilines is 2. The van der Waals surface area contributed by atoms with Gasteiger partial charge in [-0.05, 0) is 48.9 Å². The lowest BCUT2D eigenvalue weighted by atomic mass is 10.1. The predicted octanol–water partition coefficient (Wildman–Crippen LogP) is 3.46. The monoisotopic (exact) mass is 414 g/mol. The van der Waals surface area contributed by atoms with Crippen molar-refractivity contribution < 1.29 is 23.9 Å². The van der Waals surface area contributed by atoms with Crippen molar-refractivity contribution in [1.82, 2.24) is 0 Å². The van der Waals surface area contributed by atoms with Crippen molar-refractivity contribution in [2.75, 3.05) is 23.4 Å². The van der Waals surface area contributed by atoms with Gasteiger partial charge in [0.15, 0.2) is 12.4 Å². The first kappa shape index (κ1) is 20.5. The van der Waals surface area contributed by atoms with E-state index in [1.54, 1.807) is 18.2 Å². The molecule has 0 unspecified atom stereocenters. The predicted molar refractivity (Wildman–Crippen MR) is 108 cm³/mol. The van der Waals surface area contributed by atoms with Crippen molar-refractivity contribution in [3.05, 3.63) is 58.6 Å². The number of ether oxygens (including phenoxy) is 1. The highest BCUT2D eigenvalue weighted by atomic mass is 35.5. The summed E-state index contributed by atoms with van der Waals surface area (Å²) in [6.07, 6.45) is 1.11. The van der Waals surface area contributed by atoms with Gasteiger partial charge in [0.05, 0.1) is 11.3 Å². The number of hydrogen-bond donors (Lipinski definition) is 1. The molecule has 0 saturated carbocycles. The molecule has 0 spiro atoms. The number of carbonyl (C=O) groups excluding carboxylic acids is 4. The third-order valence-electron chi connectivity index (χ3n) is 4.41. The zero-order chi connectivity index (χ0) is 21.0. The Morgan fingerprint density at radius 1 is 1.14 bits per heavy atom. The summed E-state index contributed by atoms with van der Waals surface area (Å²) in [6.45, 7) is 1.44.